The number of hydrogen-bond acceptors (Lipinski definition) is 4. The van der Waals surface area contributed by atoms with Crippen molar-refractivity contribution in [2.24, 2.45) is 0 Å². The standard InChI is InChI=1S/C15H14NS.C11H9.2C8H8Cl.C8H9.C7H6NO2.C7H7.7Y/c1-10-3-6-12(7-4-10)15-16-13-8-5-11(2)9-14(13)17-15;1-9-6-7-10-4-2-3-5-11(10)8-9;1-6-3-4-8(9)7(2)5-6;1-6-3-4-7(2)8(9)5-6;1-7-3-5-8(2)6-4-7;1-6-4-2-3-5-7(6)8(9)10;1-7-5-3-2-4-6-7;;;;;;;/h3-8,15-16H,1-2H3;2-7H,1H3;2*4-5H,1-2H3;3-5H,1-2H3;2,4-5H,1H3;3-6H,1H3;;;;;;;/q7*-1;;;;;;;. The third kappa shape index (κ3) is 33.7. The molecule has 387 valence electrons. The molecule has 0 spiro atoms. The summed E-state index contributed by atoms with van der Waals surface area (Å²) in [4.78, 5) is 11.0. The second kappa shape index (κ2) is 47.3. The van der Waals surface area contributed by atoms with E-state index in [2.05, 4.69) is 155 Å². The molecule has 0 amide bonds. The summed E-state index contributed by atoms with van der Waals surface area (Å²) >= 11 is 13.4. The predicted octanol–water partition coefficient (Wildman–Crippen LogP) is 18.4. The Balaban J connectivity index is -0.000000411. The van der Waals surface area contributed by atoms with Gasteiger partial charge in [0.2, 0.25) is 0 Å². The molecule has 1 aliphatic rings. The van der Waals surface area contributed by atoms with Crippen LogP contribution in [0, 0.1) is 129 Å². The Morgan fingerprint density at radius 1 is 0.487 bits per heavy atom. The zero-order valence-corrected chi connectivity index (χ0v) is 68.8. The van der Waals surface area contributed by atoms with Crippen LogP contribution in [-0.2, 0) is 229 Å². The van der Waals surface area contributed by atoms with Crippen molar-refractivity contribution < 1.29 is 234 Å². The average molecular weight is 1620 g/mol. The normalized spacial score (nSPS) is 10.4. The number of anilines is 1. The molecular formula is C64H61Cl2N2O2SY7-7. The summed E-state index contributed by atoms with van der Waals surface area (Å²) in [6.07, 6.45) is 0. The van der Waals surface area contributed by atoms with E-state index in [9.17, 15) is 10.1 Å². The van der Waals surface area contributed by atoms with Crippen LogP contribution < -0.4 is 5.32 Å². The first-order valence-electron chi connectivity index (χ1n) is 23.1. The summed E-state index contributed by atoms with van der Waals surface area (Å²) in [6.45, 7) is 22.1. The summed E-state index contributed by atoms with van der Waals surface area (Å²) in [5, 5.41) is 18.1. The maximum Gasteiger partial charge on any atom is 0.166 e. The molecule has 1 heterocycles. The molecule has 9 aromatic carbocycles. The van der Waals surface area contributed by atoms with Crippen LogP contribution in [0.1, 0.15) is 72.1 Å². The molecule has 1 N–H and O–H groups in total. The summed E-state index contributed by atoms with van der Waals surface area (Å²) in [7, 11) is 0. The molecule has 14 heteroatoms. The number of nitro benzene ring substituents is 1. The largest absolute Gasteiger partial charge is 0.421 e. The number of halogens is 2. The monoisotopic (exact) mass is 1610 g/mol. The van der Waals surface area contributed by atoms with Crippen molar-refractivity contribution in [3.8, 4) is 0 Å². The van der Waals surface area contributed by atoms with Gasteiger partial charge in [-0.15, -0.1) is 99.4 Å². The van der Waals surface area contributed by atoms with Gasteiger partial charge in [-0.3, -0.25) is 10.1 Å². The van der Waals surface area contributed by atoms with Crippen LogP contribution in [0.2, 0.25) is 10.0 Å². The van der Waals surface area contributed by atoms with Crippen LogP contribution in [0.15, 0.2) is 163 Å². The minimum atomic E-state index is -0.411. The Bertz CT molecular complexity index is 3010. The van der Waals surface area contributed by atoms with Gasteiger partial charge in [-0.2, -0.15) is 160 Å². The van der Waals surface area contributed by atoms with Gasteiger partial charge in [0, 0.05) is 234 Å². The quantitative estimate of drug-likeness (QED) is 0.106. The van der Waals surface area contributed by atoms with E-state index in [-0.39, 0.29) is 235 Å². The first-order chi connectivity index (χ1) is 33.9. The number of nitrogens with one attached hydrogen (secondary N) is 1. The summed E-state index contributed by atoms with van der Waals surface area (Å²) < 4.78 is 0. The van der Waals surface area contributed by atoms with Gasteiger partial charge in [0.25, 0.3) is 0 Å². The Kier molecular flexibility index (Phi) is 51.8. The fourth-order valence-corrected chi connectivity index (χ4v) is 7.81. The van der Waals surface area contributed by atoms with E-state index in [1.54, 1.807) is 25.1 Å². The minimum absolute atomic E-state index is 0. The van der Waals surface area contributed by atoms with Crippen molar-refractivity contribution >= 4 is 57.1 Å². The summed E-state index contributed by atoms with van der Waals surface area (Å²) in [5.41, 5.74) is 15.2. The number of aryl methyl sites for hydroxylation is 11. The number of fused-ring (bicyclic) bond motifs is 2. The fraction of sp³-hybridized carbons (Fsp3) is 0.188. The second-order valence-corrected chi connectivity index (χ2v) is 19.0. The van der Waals surface area contributed by atoms with Gasteiger partial charge >= 0.3 is 0 Å². The van der Waals surface area contributed by atoms with Gasteiger partial charge in [0.05, 0.1) is 5.37 Å². The van der Waals surface area contributed by atoms with Crippen LogP contribution in [-0.4, -0.2) is 4.92 Å². The molecule has 0 fully saturated rings. The van der Waals surface area contributed by atoms with E-state index in [0.717, 1.165) is 32.3 Å². The molecular weight excluding hydrogens is 1550 g/mol. The molecule has 1 unspecified atom stereocenters. The molecule has 7 radical (unpaired) electrons. The number of nitro groups is 1. The third-order valence-corrected chi connectivity index (χ3v) is 12.5. The fourth-order valence-electron chi connectivity index (χ4n) is 6.29. The molecule has 0 aliphatic carbocycles. The number of thioether (sulfide) groups is 1. The van der Waals surface area contributed by atoms with Crippen molar-refractivity contribution in [2.75, 3.05) is 5.32 Å². The van der Waals surface area contributed by atoms with Crippen LogP contribution in [0.3, 0.4) is 0 Å². The molecule has 10 rings (SSSR count). The summed E-state index contributed by atoms with van der Waals surface area (Å²) in [5.74, 6) is 0. The number of benzene rings is 9. The van der Waals surface area contributed by atoms with Crippen LogP contribution in [0.25, 0.3) is 10.8 Å². The SMILES string of the molecule is Cc1[c-]c2c(cc1)NC(c1ccc(C)cc1)S2.Cc1[c-]c2ccccc2cc1.Cc1[c-]cc(C)c(Cl)c1.Cc1[c-]cc(C)cc1.Cc1[c-]cc(Cl)c(C)c1.Cc1cc[c-]cc1.Cc1cc[c-]cc1[N+](=O)[O-].[Y].[Y].[Y].[Y].[Y].[Y].[Y]. The number of hydrogen-bond donors (Lipinski definition) is 1. The molecule has 0 saturated carbocycles. The van der Waals surface area contributed by atoms with Crippen molar-refractivity contribution in [1.29, 1.82) is 0 Å². The Morgan fingerprint density at radius 3 is 1.54 bits per heavy atom. The van der Waals surface area contributed by atoms with Crippen LogP contribution in [0.5, 0.6) is 0 Å². The molecule has 1 aliphatic heterocycles. The van der Waals surface area contributed by atoms with Gasteiger partial charge in [-0.25, -0.2) is 0 Å². The van der Waals surface area contributed by atoms with Gasteiger partial charge in [0.1, 0.15) is 0 Å². The molecule has 4 nitrogen and oxygen atoms in total. The molecule has 78 heavy (non-hydrogen) atoms. The smallest absolute Gasteiger partial charge is 0.166 e. The van der Waals surface area contributed by atoms with Crippen molar-refractivity contribution in [3.05, 3.63) is 287 Å². The van der Waals surface area contributed by atoms with Gasteiger partial charge in [-0.1, -0.05) is 137 Å². The molecule has 1 atom stereocenters. The van der Waals surface area contributed by atoms with Crippen molar-refractivity contribution in [1.82, 2.24) is 0 Å². The third-order valence-electron chi connectivity index (χ3n) is 10.5. The van der Waals surface area contributed by atoms with E-state index in [1.807, 2.05) is 107 Å². The van der Waals surface area contributed by atoms with E-state index in [4.69, 9.17) is 23.2 Å². The predicted molar refractivity (Wildman–Crippen MR) is 302 cm³/mol. The van der Waals surface area contributed by atoms with Crippen LogP contribution in [0.4, 0.5) is 11.4 Å². The Morgan fingerprint density at radius 2 is 1.03 bits per heavy atom. The minimum Gasteiger partial charge on any atom is -0.421 e. The van der Waals surface area contributed by atoms with E-state index in [1.165, 1.54) is 66.4 Å². The molecule has 0 aromatic heterocycles. The van der Waals surface area contributed by atoms with E-state index in [0.29, 0.717) is 10.9 Å². The zero-order chi connectivity index (χ0) is 51.9. The van der Waals surface area contributed by atoms with Gasteiger partial charge in [-0.05, 0) is 12.5 Å². The topological polar surface area (TPSA) is 55.2 Å². The van der Waals surface area contributed by atoms with Crippen molar-refractivity contribution in [3.63, 3.8) is 0 Å². The van der Waals surface area contributed by atoms with E-state index >= 15 is 0 Å². The molecule has 0 saturated heterocycles. The molecule has 0 bridgehead atoms. The van der Waals surface area contributed by atoms with E-state index < -0.39 is 4.92 Å². The maximum absolute atomic E-state index is 10.2. The first-order valence-corrected chi connectivity index (χ1v) is 24.7. The average Bonchev–Trinajstić information content (AvgIpc) is 3.78. The summed E-state index contributed by atoms with van der Waals surface area (Å²) in [6, 6.07) is 73.2. The maximum atomic E-state index is 10.2. The van der Waals surface area contributed by atoms with Crippen LogP contribution >= 0.6 is 35.0 Å². The molecule has 9 aromatic rings. The zero-order valence-electron chi connectivity index (χ0n) is 46.6. The van der Waals surface area contributed by atoms with Gasteiger partial charge in [0.15, 0.2) is 5.69 Å². The number of rotatable bonds is 2. The van der Waals surface area contributed by atoms with Crippen molar-refractivity contribution in [2.45, 2.75) is 86.4 Å². The second-order valence-electron chi connectivity index (χ2n) is 17.1. The Labute approximate surface area is 658 Å². The first kappa shape index (κ1) is 85.5. The Hall–Kier alpha value is 1.10. The number of nitrogens with zero attached hydrogens (tertiary/aromatic N) is 1. The van der Waals surface area contributed by atoms with Gasteiger partial charge < -0.3 is 5.32 Å².